The van der Waals surface area contributed by atoms with E-state index in [2.05, 4.69) is 21.2 Å². The van der Waals surface area contributed by atoms with Crippen LogP contribution in [0, 0.1) is 6.92 Å². The molecular formula is C12H17BrN2O2S. The van der Waals surface area contributed by atoms with E-state index in [-0.39, 0.29) is 0 Å². The van der Waals surface area contributed by atoms with Gasteiger partial charge in [-0.05, 0) is 43.7 Å². The number of aryl methyl sites for hydroxylation is 1. The summed E-state index contributed by atoms with van der Waals surface area (Å²) in [4.78, 5) is 0.410. The van der Waals surface area contributed by atoms with Gasteiger partial charge in [-0.3, -0.25) is 0 Å². The van der Waals surface area contributed by atoms with E-state index in [9.17, 15) is 8.42 Å². The fraction of sp³-hybridized carbons (Fsp3) is 0.500. The summed E-state index contributed by atoms with van der Waals surface area (Å²) in [6.07, 6.45) is 0.856. The molecule has 4 nitrogen and oxygen atoms in total. The van der Waals surface area contributed by atoms with Crippen LogP contribution in [0.15, 0.2) is 27.6 Å². The van der Waals surface area contributed by atoms with Gasteiger partial charge >= 0.3 is 0 Å². The number of halogens is 1. The highest BCUT2D eigenvalue weighted by atomic mass is 79.9. The lowest BCUT2D eigenvalue weighted by atomic mass is 10.2. The fourth-order valence-corrected chi connectivity index (χ4v) is 4.26. The van der Waals surface area contributed by atoms with E-state index in [1.54, 1.807) is 16.4 Å². The zero-order chi connectivity index (χ0) is 13.2. The van der Waals surface area contributed by atoms with Crippen LogP contribution in [0.3, 0.4) is 0 Å². The Morgan fingerprint density at radius 3 is 2.78 bits per heavy atom. The van der Waals surface area contributed by atoms with Crippen molar-refractivity contribution >= 4 is 26.0 Å². The lowest BCUT2D eigenvalue weighted by Gasteiger charge is -2.20. The molecule has 1 saturated heterocycles. The van der Waals surface area contributed by atoms with Crippen molar-refractivity contribution in [3.63, 3.8) is 0 Å². The van der Waals surface area contributed by atoms with Gasteiger partial charge in [-0.15, -0.1) is 0 Å². The van der Waals surface area contributed by atoms with Crippen LogP contribution in [0.4, 0.5) is 0 Å². The Morgan fingerprint density at radius 1 is 1.28 bits per heavy atom. The second kappa shape index (κ2) is 5.69. The van der Waals surface area contributed by atoms with Crippen LogP contribution in [0.2, 0.25) is 0 Å². The largest absolute Gasteiger partial charge is 0.315 e. The summed E-state index contributed by atoms with van der Waals surface area (Å²) in [7, 11) is -3.36. The minimum atomic E-state index is -3.36. The third kappa shape index (κ3) is 2.93. The average molecular weight is 333 g/mol. The van der Waals surface area contributed by atoms with Crippen LogP contribution in [0.1, 0.15) is 12.0 Å². The summed E-state index contributed by atoms with van der Waals surface area (Å²) in [5, 5.41) is 3.21. The lowest BCUT2D eigenvalue weighted by Crippen LogP contribution is -2.34. The van der Waals surface area contributed by atoms with E-state index in [1.807, 2.05) is 13.0 Å². The Hall–Kier alpha value is -0.430. The normalized spacial score (nSPS) is 18.6. The number of hydrogen-bond acceptors (Lipinski definition) is 3. The van der Waals surface area contributed by atoms with Crippen LogP contribution in [-0.2, 0) is 10.0 Å². The highest BCUT2D eigenvalue weighted by molar-refractivity contribution is 9.10. The summed E-state index contributed by atoms with van der Waals surface area (Å²) >= 11 is 3.35. The topological polar surface area (TPSA) is 49.4 Å². The quantitative estimate of drug-likeness (QED) is 0.897. The third-order valence-corrected chi connectivity index (χ3v) is 5.61. The van der Waals surface area contributed by atoms with Crippen LogP contribution in [0.25, 0.3) is 0 Å². The van der Waals surface area contributed by atoms with Gasteiger partial charge in [0, 0.05) is 24.1 Å². The molecule has 1 N–H and O–H groups in total. The Kier molecular flexibility index (Phi) is 4.42. The van der Waals surface area contributed by atoms with E-state index in [1.165, 1.54) is 0 Å². The van der Waals surface area contributed by atoms with Gasteiger partial charge in [-0.25, -0.2) is 8.42 Å². The molecule has 1 aromatic rings. The van der Waals surface area contributed by atoms with Gasteiger partial charge in [0.05, 0.1) is 4.90 Å². The summed E-state index contributed by atoms with van der Waals surface area (Å²) in [5.41, 5.74) is 0.779. The van der Waals surface area contributed by atoms with Gasteiger partial charge in [-0.1, -0.05) is 15.9 Å². The predicted molar refractivity (Wildman–Crippen MR) is 75.1 cm³/mol. The van der Waals surface area contributed by atoms with Gasteiger partial charge in [0.2, 0.25) is 10.0 Å². The minimum absolute atomic E-state index is 0.410. The Labute approximate surface area is 117 Å². The molecule has 2 rings (SSSR count). The molecule has 1 aliphatic rings. The van der Waals surface area contributed by atoms with Crippen molar-refractivity contribution < 1.29 is 8.42 Å². The molecule has 1 aromatic carbocycles. The average Bonchev–Trinajstić information content (AvgIpc) is 2.57. The summed E-state index contributed by atoms with van der Waals surface area (Å²) in [6.45, 7) is 4.55. The van der Waals surface area contributed by atoms with Crippen molar-refractivity contribution in [2.75, 3.05) is 26.2 Å². The number of sulfonamides is 1. The molecule has 0 radical (unpaired) electrons. The maximum absolute atomic E-state index is 12.6. The van der Waals surface area contributed by atoms with Crippen molar-refractivity contribution in [3.05, 3.63) is 28.2 Å². The van der Waals surface area contributed by atoms with Crippen molar-refractivity contribution in [2.45, 2.75) is 18.2 Å². The maximum Gasteiger partial charge on any atom is 0.243 e. The van der Waals surface area contributed by atoms with Crippen LogP contribution in [-0.4, -0.2) is 38.9 Å². The SMILES string of the molecule is Cc1cc(Br)ccc1S(=O)(=O)N1CCCNCC1. The second-order valence-electron chi connectivity index (χ2n) is 4.42. The number of nitrogens with one attached hydrogen (secondary N) is 1. The zero-order valence-corrected chi connectivity index (χ0v) is 12.7. The van der Waals surface area contributed by atoms with Gasteiger partial charge < -0.3 is 5.32 Å². The number of benzene rings is 1. The van der Waals surface area contributed by atoms with Gasteiger partial charge in [0.15, 0.2) is 0 Å². The molecule has 0 spiro atoms. The summed E-state index contributed by atoms with van der Waals surface area (Å²) < 4.78 is 27.6. The Balaban J connectivity index is 2.34. The fourth-order valence-electron chi connectivity index (χ4n) is 2.10. The van der Waals surface area contributed by atoms with Crippen molar-refractivity contribution in [2.24, 2.45) is 0 Å². The molecule has 0 atom stereocenters. The van der Waals surface area contributed by atoms with Crippen LogP contribution < -0.4 is 5.32 Å². The Morgan fingerprint density at radius 2 is 2.06 bits per heavy atom. The molecule has 1 heterocycles. The van der Waals surface area contributed by atoms with E-state index in [0.717, 1.165) is 29.5 Å². The van der Waals surface area contributed by atoms with Crippen molar-refractivity contribution in [3.8, 4) is 0 Å². The van der Waals surface area contributed by atoms with E-state index in [4.69, 9.17) is 0 Å². The van der Waals surface area contributed by atoms with Crippen molar-refractivity contribution in [1.29, 1.82) is 0 Å². The van der Waals surface area contributed by atoms with E-state index in [0.29, 0.717) is 18.0 Å². The first-order chi connectivity index (χ1) is 8.51. The number of hydrogen-bond donors (Lipinski definition) is 1. The predicted octanol–water partition coefficient (Wildman–Crippen LogP) is 1.74. The van der Waals surface area contributed by atoms with Crippen LogP contribution in [0.5, 0.6) is 0 Å². The third-order valence-electron chi connectivity index (χ3n) is 3.05. The zero-order valence-electron chi connectivity index (χ0n) is 10.3. The highest BCUT2D eigenvalue weighted by Gasteiger charge is 2.26. The maximum atomic E-state index is 12.6. The molecule has 6 heteroatoms. The van der Waals surface area contributed by atoms with E-state index < -0.39 is 10.0 Å². The second-order valence-corrected chi connectivity index (χ2v) is 7.24. The Bertz CT molecular complexity index is 523. The molecular weight excluding hydrogens is 316 g/mol. The molecule has 0 aliphatic carbocycles. The smallest absolute Gasteiger partial charge is 0.243 e. The number of rotatable bonds is 2. The molecule has 0 saturated carbocycles. The first kappa shape index (κ1) is 14.0. The van der Waals surface area contributed by atoms with E-state index >= 15 is 0 Å². The van der Waals surface area contributed by atoms with Gasteiger partial charge in [-0.2, -0.15) is 4.31 Å². The first-order valence-corrected chi connectivity index (χ1v) is 8.22. The van der Waals surface area contributed by atoms with Crippen LogP contribution >= 0.6 is 15.9 Å². The number of nitrogens with zero attached hydrogens (tertiary/aromatic N) is 1. The highest BCUT2D eigenvalue weighted by Crippen LogP contribution is 2.23. The molecule has 1 aliphatic heterocycles. The molecule has 18 heavy (non-hydrogen) atoms. The van der Waals surface area contributed by atoms with Gasteiger partial charge in [0.1, 0.15) is 0 Å². The molecule has 1 fully saturated rings. The molecule has 0 bridgehead atoms. The molecule has 0 aromatic heterocycles. The minimum Gasteiger partial charge on any atom is -0.315 e. The molecule has 0 unspecified atom stereocenters. The summed E-state index contributed by atoms with van der Waals surface area (Å²) in [6, 6.07) is 5.28. The molecule has 0 amide bonds. The summed E-state index contributed by atoms with van der Waals surface area (Å²) in [5.74, 6) is 0. The first-order valence-electron chi connectivity index (χ1n) is 5.99. The monoisotopic (exact) mass is 332 g/mol. The lowest BCUT2D eigenvalue weighted by molar-refractivity contribution is 0.431. The van der Waals surface area contributed by atoms with Gasteiger partial charge in [0.25, 0.3) is 0 Å². The standard InChI is InChI=1S/C12H17BrN2O2S/c1-10-9-11(13)3-4-12(10)18(16,17)15-7-2-5-14-6-8-15/h3-4,9,14H,2,5-8H2,1H3. The molecule has 100 valence electrons. The van der Waals surface area contributed by atoms with Crippen molar-refractivity contribution in [1.82, 2.24) is 9.62 Å².